The van der Waals surface area contributed by atoms with Gasteiger partial charge in [0, 0.05) is 17.5 Å². The minimum atomic E-state index is -0.480. The van der Waals surface area contributed by atoms with Gasteiger partial charge in [0.2, 0.25) is 11.8 Å². The molecule has 0 aliphatic rings. The molecule has 150 valence electrons. The summed E-state index contributed by atoms with van der Waals surface area (Å²) in [6.45, 7) is 8.28. The maximum atomic E-state index is 13.1. The zero-order valence-electron chi connectivity index (χ0n) is 17.1. The quantitative estimate of drug-likeness (QED) is 0.636. The topological polar surface area (TPSA) is 49.4 Å². The van der Waals surface area contributed by atoms with Gasteiger partial charge >= 0.3 is 0 Å². The minimum absolute atomic E-state index is 0.0267. The number of carbonyl (C=O) groups is 2. The second-order valence-corrected chi connectivity index (χ2v) is 8.25. The van der Waals surface area contributed by atoms with Crippen LogP contribution in [0.2, 0.25) is 0 Å². The molecule has 2 rings (SSSR count). The van der Waals surface area contributed by atoms with Crippen LogP contribution in [0.3, 0.4) is 0 Å². The number of nitrogens with one attached hydrogen (secondary N) is 1. The third kappa shape index (κ3) is 6.71. The van der Waals surface area contributed by atoms with E-state index in [4.69, 9.17) is 0 Å². The number of carbonyl (C=O) groups excluding carboxylic acids is 2. The Morgan fingerprint density at radius 1 is 1.07 bits per heavy atom. The Hall–Kier alpha value is -2.27. The summed E-state index contributed by atoms with van der Waals surface area (Å²) in [6, 6.07) is 17.5. The molecule has 2 amide bonds. The Labute approximate surface area is 172 Å². The Kier molecular flexibility index (Phi) is 8.58. The van der Waals surface area contributed by atoms with E-state index in [0.29, 0.717) is 18.7 Å². The van der Waals surface area contributed by atoms with Gasteiger partial charge in [0.1, 0.15) is 6.04 Å². The first-order valence-corrected chi connectivity index (χ1v) is 10.7. The second kappa shape index (κ2) is 10.9. The van der Waals surface area contributed by atoms with Gasteiger partial charge in [-0.15, -0.1) is 11.8 Å². The lowest BCUT2D eigenvalue weighted by molar-refractivity contribution is -0.139. The van der Waals surface area contributed by atoms with E-state index in [1.54, 1.807) is 4.90 Å². The van der Waals surface area contributed by atoms with Gasteiger partial charge in [0.05, 0.1) is 5.75 Å². The molecule has 28 heavy (non-hydrogen) atoms. The van der Waals surface area contributed by atoms with Crippen molar-refractivity contribution in [2.24, 2.45) is 0 Å². The molecule has 0 saturated heterocycles. The molecule has 0 bridgehead atoms. The van der Waals surface area contributed by atoms with Crippen molar-refractivity contribution in [2.75, 3.05) is 5.75 Å². The van der Waals surface area contributed by atoms with E-state index < -0.39 is 6.04 Å². The van der Waals surface area contributed by atoms with Gasteiger partial charge in [-0.25, -0.2) is 0 Å². The Bertz CT molecular complexity index is 777. The minimum Gasteiger partial charge on any atom is -0.352 e. The normalized spacial score (nSPS) is 11.9. The number of hydrogen-bond donors (Lipinski definition) is 1. The summed E-state index contributed by atoms with van der Waals surface area (Å²) in [5.74, 6) is 0.186. The lowest BCUT2D eigenvalue weighted by Crippen LogP contribution is -2.50. The number of hydrogen-bond acceptors (Lipinski definition) is 3. The highest BCUT2D eigenvalue weighted by molar-refractivity contribution is 8.00. The average Bonchev–Trinajstić information content (AvgIpc) is 2.66. The van der Waals surface area contributed by atoms with Crippen molar-refractivity contribution in [3.8, 4) is 0 Å². The highest BCUT2D eigenvalue weighted by Crippen LogP contribution is 2.20. The standard InChI is InChI=1S/C23H30N2O2S/c1-5-21(23(27)24-17(2)3)25(15-19-11-9-10-18(4)14-19)22(26)16-28-20-12-7-6-8-13-20/h6-14,17,21H,5,15-16H2,1-4H3,(H,24,27)/t21-/m0/s1. The fourth-order valence-corrected chi connectivity index (χ4v) is 3.86. The fraction of sp³-hybridized carbons (Fsp3) is 0.391. The summed E-state index contributed by atoms with van der Waals surface area (Å²) in [7, 11) is 0. The SMILES string of the molecule is CC[C@@H](C(=O)NC(C)C)N(Cc1cccc(C)c1)C(=O)CSc1ccccc1. The predicted octanol–water partition coefficient (Wildman–Crippen LogP) is 4.42. The summed E-state index contributed by atoms with van der Waals surface area (Å²) >= 11 is 1.50. The van der Waals surface area contributed by atoms with Gasteiger partial charge in [-0.2, -0.15) is 0 Å². The van der Waals surface area contributed by atoms with Crippen LogP contribution in [0.1, 0.15) is 38.3 Å². The fourth-order valence-electron chi connectivity index (χ4n) is 3.05. The Balaban J connectivity index is 2.20. The van der Waals surface area contributed by atoms with E-state index in [1.807, 2.05) is 76.2 Å². The zero-order chi connectivity index (χ0) is 20.5. The van der Waals surface area contributed by atoms with E-state index >= 15 is 0 Å². The lowest BCUT2D eigenvalue weighted by Gasteiger charge is -2.31. The van der Waals surface area contributed by atoms with E-state index in [1.165, 1.54) is 11.8 Å². The summed E-state index contributed by atoms with van der Waals surface area (Å²) in [5.41, 5.74) is 2.18. The van der Waals surface area contributed by atoms with Crippen LogP contribution in [0, 0.1) is 6.92 Å². The third-order valence-electron chi connectivity index (χ3n) is 4.36. The summed E-state index contributed by atoms with van der Waals surface area (Å²) in [5, 5.41) is 2.96. The van der Waals surface area contributed by atoms with Crippen LogP contribution in [0.25, 0.3) is 0 Å². The molecular weight excluding hydrogens is 368 g/mol. The van der Waals surface area contributed by atoms with Gasteiger partial charge in [0.25, 0.3) is 0 Å². The van der Waals surface area contributed by atoms with E-state index in [9.17, 15) is 9.59 Å². The first kappa shape index (κ1) is 22.0. The van der Waals surface area contributed by atoms with E-state index in [0.717, 1.165) is 16.0 Å². The van der Waals surface area contributed by atoms with Crippen molar-refractivity contribution < 1.29 is 9.59 Å². The number of amides is 2. The Morgan fingerprint density at radius 2 is 1.79 bits per heavy atom. The van der Waals surface area contributed by atoms with Gasteiger partial charge in [0.15, 0.2) is 0 Å². The smallest absolute Gasteiger partial charge is 0.243 e. The van der Waals surface area contributed by atoms with Gasteiger partial charge in [-0.1, -0.05) is 55.0 Å². The predicted molar refractivity (Wildman–Crippen MR) is 116 cm³/mol. The number of benzene rings is 2. The van der Waals surface area contributed by atoms with Crippen molar-refractivity contribution in [1.82, 2.24) is 10.2 Å². The van der Waals surface area contributed by atoms with Crippen molar-refractivity contribution in [2.45, 2.75) is 57.6 Å². The molecule has 2 aromatic carbocycles. The molecule has 0 radical (unpaired) electrons. The molecule has 0 aromatic heterocycles. The van der Waals surface area contributed by atoms with Crippen LogP contribution in [0.15, 0.2) is 59.5 Å². The molecule has 0 saturated carbocycles. The number of aryl methyl sites for hydroxylation is 1. The lowest BCUT2D eigenvalue weighted by atomic mass is 10.1. The molecule has 1 atom stereocenters. The highest BCUT2D eigenvalue weighted by atomic mass is 32.2. The average molecular weight is 399 g/mol. The molecule has 0 fully saturated rings. The van der Waals surface area contributed by atoms with Gasteiger partial charge < -0.3 is 10.2 Å². The second-order valence-electron chi connectivity index (χ2n) is 7.20. The van der Waals surface area contributed by atoms with Crippen LogP contribution < -0.4 is 5.32 Å². The van der Waals surface area contributed by atoms with Gasteiger partial charge in [-0.05, 0) is 44.9 Å². The van der Waals surface area contributed by atoms with Crippen molar-refractivity contribution in [3.05, 3.63) is 65.7 Å². The largest absolute Gasteiger partial charge is 0.352 e. The molecular formula is C23H30N2O2S. The molecule has 0 aliphatic heterocycles. The summed E-state index contributed by atoms with van der Waals surface area (Å²) in [6.07, 6.45) is 0.576. The molecule has 0 aliphatic carbocycles. The summed E-state index contributed by atoms with van der Waals surface area (Å²) in [4.78, 5) is 28.6. The monoisotopic (exact) mass is 398 g/mol. The van der Waals surface area contributed by atoms with E-state index in [-0.39, 0.29) is 17.9 Å². The molecule has 2 aromatic rings. The Morgan fingerprint density at radius 3 is 2.39 bits per heavy atom. The van der Waals surface area contributed by atoms with Crippen LogP contribution in [0.5, 0.6) is 0 Å². The third-order valence-corrected chi connectivity index (χ3v) is 5.35. The first-order valence-electron chi connectivity index (χ1n) is 9.74. The number of thioether (sulfide) groups is 1. The van der Waals surface area contributed by atoms with Crippen molar-refractivity contribution >= 4 is 23.6 Å². The highest BCUT2D eigenvalue weighted by Gasteiger charge is 2.28. The molecule has 0 heterocycles. The molecule has 0 unspecified atom stereocenters. The van der Waals surface area contributed by atoms with Crippen molar-refractivity contribution in [3.63, 3.8) is 0 Å². The number of nitrogens with zero attached hydrogens (tertiary/aromatic N) is 1. The van der Waals surface area contributed by atoms with Crippen LogP contribution in [-0.2, 0) is 16.1 Å². The maximum Gasteiger partial charge on any atom is 0.243 e. The first-order chi connectivity index (χ1) is 13.4. The maximum absolute atomic E-state index is 13.1. The molecule has 1 N–H and O–H groups in total. The van der Waals surface area contributed by atoms with Crippen LogP contribution in [0.4, 0.5) is 0 Å². The zero-order valence-corrected chi connectivity index (χ0v) is 18.0. The van der Waals surface area contributed by atoms with Crippen molar-refractivity contribution in [1.29, 1.82) is 0 Å². The molecule has 4 nitrogen and oxygen atoms in total. The summed E-state index contributed by atoms with van der Waals surface area (Å²) < 4.78 is 0. The molecule has 0 spiro atoms. The van der Waals surface area contributed by atoms with Crippen LogP contribution >= 0.6 is 11.8 Å². The van der Waals surface area contributed by atoms with Gasteiger partial charge in [-0.3, -0.25) is 9.59 Å². The molecule has 5 heteroatoms. The van der Waals surface area contributed by atoms with Crippen LogP contribution in [-0.4, -0.2) is 34.6 Å². The number of rotatable bonds is 9. The van der Waals surface area contributed by atoms with E-state index in [2.05, 4.69) is 11.4 Å².